The largest absolute Gasteiger partial charge is 0.434 e. The van der Waals surface area contributed by atoms with Gasteiger partial charge in [-0.05, 0) is 25.1 Å². The smallest absolute Gasteiger partial charge is 0.340 e. The van der Waals surface area contributed by atoms with Gasteiger partial charge in [0.1, 0.15) is 18.0 Å². The van der Waals surface area contributed by atoms with Crippen LogP contribution in [0.3, 0.4) is 0 Å². The molecule has 1 fully saturated rings. The summed E-state index contributed by atoms with van der Waals surface area (Å²) in [5, 5.41) is -1.18. The number of hydrogen-bond acceptors (Lipinski definition) is 2. The van der Waals surface area contributed by atoms with Crippen LogP contribution in [-0.2, 0) is 15.1 Å². The molecule has 1 aliphatic heterocycles. The second-order valence-electron chi connectivity index (χ2n) is 4.68. The summed E-state index contributed by atoms with van der Waals surface area (Å²) in [6.45, 7) is 0.101. The fraction of sp³-hybridized carbons (Fsp3) is 0.417. The van der Waals surface area contributed by atoms with Gasteiger partial charge in [0.2, 0.25) is 5.91 Å². The number of rotatable bonds is 1. The molecule has 0 aromatic heterocycles. The molecule has 1 saturated heterocycles. The highest BCUT2D eigenvalue weighted by Crippen LogP contribution is 2.51. The fourth-order valence-electron chi connectivity index (χ4n) is 2.19. The van der Waals surface area contributed by atoms with E-state index in [2.05, 4.69) is 26.0 Å². The predicted octanol–water partition coefficient (Wildman–Crippen LogP) is 3.45. The topological polar surface area (TPSA) is 38.3 Å². The van der Waals surface area contributed by atoms with Gasteiger partial charge in [-0.2, -0.15) is 13.2 Å². The van der Waals surface area contributed by atoms with Crippen molar-refractivity contribution in [1.29, 1.82) is 0 Å². The number of carbonyl (C=O) groups excluding carboxylic acids is 1. The molecule has 2 atom stereocenters. The summed E-state index contributed by atoms with van der Waals surface area (Å²) in [6.07, 6.45) is -5.04. The van der Waals surface area contributed by atoms with E-state index in [0.717, 1.165) is 19.1 Å². The van der Waals surface area contributed by atoms with E-state index >= 15 is 0 Å². The molecule has 1 aliphatic rings. The van der Waals surface area contributed by atoms with Crippen molar-refractivity contribution in [3.05, 3.63) is 34.1 Å². The van der Waals surface area contributed by atoms with Crippen LogP contribution in [0.1, 0.15) is 12.5 Å². The molecular weight excluding hydrogens is 381 g/mol. The zero-order chi connectivity index (χ0) is 16.1. The first kappa shape index (κ1) is 16.5. The number of ether oxygens (including phenoxy) is 1. The minimum Gasteiger partial charge on any atom is -0.340 e. The van der Waals surface area contributed by atoms with Gasteiger partial charge in [-0.3, -0.25) is 4.79 Å². The first-order valence-corrected chi connectivity index (χ1v) is 6.84. The van der Waals surface area contributed by atoms with E-state index < -0.39 is 40.7 Å². The average molecular weight is 391 g/mol. The van der Waals surface area contributed by atoms with Crippen LogP contribution in [0.25, 0.3) is 0 Å². The van der Waals surface area contributed by atoms with Crippen molar-refractivity contribution in [3.8, 4) is 0 Å². The Balaban J connectivity index is 2.68. The first-order chi connectivity index (χ1) is 9.51. The molecule has 3 nitrogen and oxygen atoms in total. The second kappa shape index (κ2) is 5.10. The van der Waals surface area contributed by atoms with Gasteiger partial charge in [-0.15, -0.1) is 0 Å². The van der Waals surface area contributed by atoms with Crippen LogP contribution < -0.4 is 5.32 Å². The third kappa shape index (κ3) is 2.53. The number of morpholine rings is 1. The Morgan fingerprint density at radius 3 is 2.62 bits per heavy atom. The van der Waals surface area contributed by atoms with E-state index in [1.807, 2.05) is 0 Å². The van der Waals surface area contributed by atoms with Gasteiger partial charge < -0.3 is 10.1 Å². The number of benzene rings is 1. The molecular formula is C12H9BrClF4NO2. The van der Waals surface area contributed by atoms with E-state index in [9.17, 15) is 22.4 Å². The van der Waals surface area contributed by atoms with Crippen LogP contribution in [0.2, 0.25) is 0 Å². The molecule has 0 bridgehead atoms. The summed E-state index contributed by atoms with van der Waals surface area (Å²) >= 11 is 8.68. The molecule has 0 aliphatic carbocycles. The van der Waals surface area contributed by atoms with Gasteiger partial charge >= 0.3 is 6.18 Å². The fourth-order valence-corrected chi connectivity index (χ4v) is 2.76. The number of nitrogens with one attached hydrogen (secondary N) is 1. The van der Waals surface area contributed by atoms with Gasteiger partial charge in [-0.1, -0.05) is 27.5 Å². The van der Waals surface area contributed by atoms with Crippen molar-refractivity contribution in [1.82, 2.24) is 5.32 Å². The quantitative estimate of drug-likeness (QED) is 0.589. The zero-order valence-corrected chi connectivity index (χ0v) is 12.9. The maximum absolute atomic E-state index is 14.0. The van der Waals surface area contributed by atoms with Crippen LogP contribution in [0.4, 0.5) is 17.6 Å². The molecule has 0 spiro atoms. The molecule has 2 rings (SSSR count). The maximum Gasteiger partial charge on any atom is 0.434 e. The summed E-state index contributed by atoms with van der Waals surface area (Å²) in [5.74, 6) is -1.77. The Bertz CT molecular complexity index is 597. The molecule has 1 N–H and O–H groups in total. The molecule has 1 amide bonds. The van der Waals surface area contributed by atoms with Crippen molar-refractivity contribution in [3.63, 3.8) is 0 Å². The van der Waals surface area contributed by atoms with Crippen molar-refractivity contribution in [2.45, 2.75) is 23.7 Å². The van der Waals surface area contributed by atoms with E-state index in [-0.39, 0.29) is 0 Å². The summed E-state index contributed by atoms with van der Waals surface area (Å²) in [5.41, 5.74) is -2.76. The Labute approximate surface area is 130 Å². The third-order valence-corrected chi connectivity index (χ3v) is 4.46. The van der Waals surface area contributed by atoms with Gasteiger partial charge in [0.15, 0.2) is 0 Å². The Morgan fingerprint density at radius 1 is 1.43 bits per heavy atom. The van der Waals surface area contributed by atoms with Crippen LogP contribution in [-0.4, -0.2) is 23.8 Å². The summed E-state index contributed by atoms with van der Waals surface area (Å²) in [6, 6.07) is 3.41. The molecule has 0 unspecified atom stereocenters. The third-order valence-electron chi connectivity index (χ3n) is 3.27. The van der Waals surface area contributed by atoms with E-state index in [1.165, 1.54) is 6.07 Å². The van der Waals surface area contributed by atoms with Crippen LogP contribution in [0.5, 0.6) is 0 Å². The second-order valence-corrected chi connectivity index (χ2v) is 6.13. The maximum atomic E-state index is 14.0. The average Bonchev–Trinajstić information content (AvgIpc) is 2.36. The monoisotopic (exact) mass is 389 g/mol. The summed E-state index contributed by atoms with van der Waals surface area (Å²) < 4.78 is 58.9. The molecule has 1 heterocycles. The molecule has 116 valence electrons. The first-order valence-electron chi connectivity index (χ1n) is 5.67. The number of carbonyl (C=O) groups is 1. The predicted molar refractivity (Wildman–Crippen MR) is 70.2 cm³/mol. The lowest BCUT2D eigenvalue weighted by molar-refractivity contribution is -0.274. The van der Waals surface area contributed by atoms with Crippen LogP contribution >= 0.6 is 27.5 Å². The minimum atomic E-state index is -5.04. The Morgan fingerprint density at radius 2 is 2.05 bits per heavy atom. The lowest BCUT2D eigenvalue weighted by Crippen LogP contribution is -2.69. The summed E-state index contributed by atoms with van der Waals surface area (Å²) in [4.78, 5) is 11.5. The molecule has 21 heavy (non-hydrogen) atoms. The normalized spacial score (nSPS) is 30.1. The zero-order valence-electron chi connectivity index (χ0n) is 10.5. The highest BCUT2D eigenvalue weighted by atomic mass is 79.9. The van der Waals surface area contributed by atoms with Crippen molar-refractivity contribution in [2.75, 3.05) is 6.61 Å². The Kier molecular flexibility index (Phi) is 4.01. The van der Waals surface area contributed by atoms with Crippen molar-refractivity contribution >= 4 is 33.4 Å². The van der Waals surface area contributed by atoms with Crippen molar-refractivity contribution in [2.24, 2.45) is 0 Å². The molecule has 1 aromatic carbocycles. The van der Waals surface area contributed by atoms with E-state index in [4.69, 9.17) is 11.6 Å². The van der Waals surface area contributed by atoms with Crippen LogP contribution in [0, 0.1) is 5.82 Å². The standard InChI is InChI=1S/C12H9BrClF4NO2/c1-10(7-4-6(13)2-3-8(7)15)11(14,12(16,17)18)21-5-9(20)19-10/h2-4H,5H2,1H3,(H,19,20)/t10-,11+/m1/s1. The van der Waals surface area contributed by atoms with Crippen molar-refractivity contribution < 1.29 is 27.1 Å². The minimum absolute atomic E-state index is 0.334. The summed E-state index contributed by atoms with van der Waals surface area (Å²) in [7, 11) is 0. The van der Waals surface area contributed by atoms with Gasteiger partial charge in [0.25, 0.3) is 5.06 Å². The van der Waals surface area contributed by atoms with E-state index in [1.54, 1.807) is 0 Å². The number of amides is 1. The van der Waals surface area contributed by atoms with Crippen LogP contribution in [0.15, 0.2) is 22.7 Å². The van der Waals surface area contributed by atoms with E-state index in [0.29, 0.717) is 4.47 Å². The van der Waals surface area contributed by atoms with Gasteiger partial charge in [0, 0.05) is 10.0 Å². The highest BCUT2D eigenvalue weighted by Gasteiger charge is 2.69. The number of hydrogen-bond donors (Lipinski definition) is 1. The Hall–Kier alpha value is -0.860. The molecule has 0 radical (unpaired) electrons. The number of halogens is 6. The molecule has 9 heteroatoms. The lowest BCUT2D eigenvalue weighted by atomic mass is 9.83. The molecule has 1 aromatic rings. The SMILES string of the molecule is C[C@]1(c2cc(Br)ccc2F)NC(=O)CO[C@]1(Cl)C(F)(F)F. The molecule has 0 saturated carbocycles. The number of alkyl halides is 4. The highest BCUT2D eigenvalue weighted by molar-refractivity contribution is 9.10. The van der Waals surface area contributed by atoms with Gasteiger partial charge in [-0.25, -0.2) is 4.39 Å². The lowest BCUT2D eigenvalue weighted by Gasteiger charge is -2.48. The van der Waals surface area contributed by atoms with Gasteiger partial charge in [0.05, 0.1) is 0 Å².